The molecule has 1 amide bonds. The van der Waals surface area contributed by atoms with Crippen molar-refractivity contribution in [3.05, 3.63) is 59.5 Å². The minimum Gasteiger partial charge on any atom is -0.337 e. The zero-order valence-corrected chi connectivity index (χ0v) is 15.9. The first-order chi connectivity index (χ1) is 13.1. The van der Waals surface area contributed by atoms with Gasteiger partial charge < -0.3 is 4.90 Å². The first-order valence-electron chi connectivity index (χ1n) is 9.51. The van der Waals surface area contributed by atoms with Gasteiger partial charge in [0.25, 0.3) is 5.91 Å². The van der Waals surface area contributed by atoms with E-state index in [0.717, 1.165) is 49.4 Å². The van der Waals surface area contributed by atoms with Crippen LogP contribution in [0.15, 0.2) is 42.5 Å². The van der Waals surface area contributed by atoms with Crippen LogP contribution in [0, 0.1) is 19.8 Å². The lowest BCUT2D eigenvalue weighted by atomic mass is 9.96. The molecule has 1 saturated heterocycles. The Morgan fingerprint density at radius 3 is 2.56 bits per heavy atom. The van der Waals surface area contributed by atoms with E-state index in [0.29, 0.717) is 11.6 Å². The van der Waals surface area contributed by atoms with Crippen LogP contribution in [0.4, 0.5) is 0 Å². The van der Waals surface area contributed by atoms with Gasteiger partial charge in [-0.25, -0.2) is 0 Å². The Kier molecular flexibility index (Phi) is 4.79. The highest BCUT2D eigenvalue weighted by Crippen LogP contribution is 2.22. The Morgan fingerprint density at radius 2 is 1.89 bits per heavy atom. The Bertz CT molecular complexity index is 919. The SMILES string of the molecule is Cc1cc(C)n(CC2CCN(C(=O)c3cc(-c4ccccc4)n[nH]3)CC2)n1. The summed E-state index contributed by atoms with van der Waals surface area (Å²) in [7, 11) is 0. The maximum atomic E-state index is 12.8. The number of rotatable bonds is 4. The van der Waals surface area contributed by atoms with E-state index in [1.165, 1.54) is 5.69 Å². The lowest BCUT2D eigenvalue weighted by Crippen LogP contribution is -2.39. The largest absolute Gasteiger partial charge is 0.337 e. The molecule has 0 saturated carbocycles. The molecular formula is C21H25N5O. The van der Waals surface area contributed by atoms with Gasteiger partial charge in [-0.1, -0.05) is 30.3 Å². The molecule has 1 aliphatic rings. The van der Waals surface area contributed by atoms with Crippen LogP contribution in [0.1, 0.15) is 34.7 Å². The average molecular weight is 363 g/mol. The van der Waals surface area contributed by atoms with Crippen molar-refractivity contribution in [1.82, 2.24) is 24.9 Å². The van der Waals surface area contributed by atoms with Crippen LogP contribution >= 0.6 is 0 Å². The second-order valence-electron chi connectivity index (χ2n) is 7.38. The Hall–Kier alpha value is -2.89. The van der Waals surface area contributed by atoms with E-state index in [1.54, 1.807) is 0 Å². The number of piperidine rings is 1. The number of aryl methyl sites for hydroxylation is 2. The van der Waals surface area contributed by atoms with Gasteiger partial charge in [0.1, 0.15) is 5.69 Å². The number of amides is 1. The summed E-state index contributed by atoms with van der Waals surface area (Å²) in [6.45, 7) is 6.62. The molecule has 1 aliphatic heterocycles. The molecule has 0 atom stereocenters. The second kappa shape index (κ2) is 7.39. The summed E-state index contributed by atoms with van der Waals surface area (Å²) in [4.78, 5) is 14.7. The summed E-state index contributed by atoms with van der Waals surface area (Å²) in [5.74, 6) is 0.600. The predicted octanol–water partition coefficient (Wildman–Crippen LogP) is 3.44. The van der Waals surface area contributed by atoms with Gasteiger partial charge in [-0.15, -0.1) is 0 Å². The highest BCUT2D eigenvalue weighted by molar-refractivity contribution is 5.93. The van der Waals surface area contributed by atoms with Crippen molar-refractivity contribution < 1.29 is 4.79 Å². The number of likely N-dealkylation sites (tertiary alicyclic amines) is 1. The van der Waals surface area contributed by atoms with E-state index in [2.05, 4.69) is 33.0 Å². The van der Waals surface area contributed by atoms with Gasteiger partial charge in [0.2, 0.25) is 0 Å². The summed E-state index contributed by atoms with van der Waals surface area (Å²) in [6.07, 6.45) is 2.01. The molecule has 0 bridgehead atoms. The van der Waals surface area contributed by atoms with Crippen molar-refractivity contribution in [1.29, 1.82) is 0 Å². The summed E-state index contributed by atoms with van der Waals surface area (Å²) in [6, 6.07) is 13.9. The van der Waals surface area contributed by atoms with Crippen molar-refractivity contribution >= 4 is 5.91 Å². The van der Waals surface area contributed by atoms with E-state index in [1.807, 2.05) is 48.2 Å². The molecule has 0 unspecified atom stereocenters. The first-order valence-corrected chi connectivity index (χ1v) is 9.51. The Balaban J connectivity index is 1.36. The summed E-state index contributed by atoms with van der Waals surface area (Å²) in [5, 5.41) is 11.8. The number of nitrogens with zero attached hydrogens (tertiary/aromatic N) is 4. The maximum Gasteiger partial charge on any atom is 0.271 e. The molecule has 4 rings (SSSR count). The minimum absolute atomic E-state index is 0.0363. The van der Waals surface area contributed by atoms with Crippen molar-refractivity contribution in [3.63, 3.8) is 0 Å². The molecule has 0 radical (unpaired) electrons. The predicted molar refractivity (Wildman–Crippen MR) is 104 cm³/mol. The molecule has 6 heteroatoms. The fourth-order valence-corrected chi connectivity index (χ4v) is 3.78. The molecular weight excluding hydrogens is 338 g/mol. The summed E-state index contributed by atoms with van der Waals surface area (Å²) < 4.78 is 2.10. The van der Waals surface area contributed by atoms with Gasteiger partial charge in [0.15, 0.2) is 0 Å². The third kappa shape index (κ3) is 3.79. The van der Waals surface area contributed by atoms with Crippen LogP contribution < -0.4 is 0 Å². The summed E-state index contributed by atoms with van der Waals surface area (Å²) >= 11 is 0. The van der Waals surface area contributed by atoms with E-state index >= 15 is 0 Å². The number of hydrogen-bond donors (Lipinski definition) is 1. The van der Waals surface area contributed by atoms with Crippen molar-refractivity contribution in [2.75, 3.05) is 13.1 Å². The zero-order chi connectivity index (χ0) is 18.8. The number of H-pyrrole nitrogens is 1. The van der Waals surface area contributed by atoms with Crippen LogP contribution in [-0.4, -0.2) is 43.9 Å². The quantitative estimate of drug-likeness (QED) is 0.772. The molecule has 140 valence electrons. The second-order valence-corrected chi connectivity index (χ2v) is 7.38. The van der Waals surface area contributed by atoms with Gasteiger partial charge in [0, 0.05) is 30.9 Å². The molecule has 1 fully saturated rings. The third-order valence-corrected chi connectivity index (χ3v) is 5.31. The molecule has 0 spiro atoms. The van der Waals surface area contributed by atoms with Crippen molar-refractivity contribution in [3.8, 4) is 11.3 Å². The van der Waals surface area contributed by atoms with Crippen LogP contribution in [0.5, 0.6) is 0 Å². The highest BCUT2D eigenvalue weighted by atomic mass is 16.2. The standard InChI is InChI=1S/C21H25N5O/c1-15-12-16(2)26(24-15)14-17-8-10-25(11-9-17)21(27)20-13-19(22-23-20)18-6-4-3-5-7-18/h3-7,12-13,17H,8-11,14H2,1-2H3,(H,22,23). The van der Waals surface area contributed by atoms with Crippen molar-refractivity contribution in [2.24, 2.45) is 5.92 Å². The van der Waals surface area contributed by atoms with E-state index in [4.69, 9.17) is 0 Å². The average Bonchev–Trinajstić information content (AvgIpc) is 3.29. The zero-order valence-electron chi connectivity index (χ0n) is 15.9. The normalized spacial score (nSPS) is 15.3. The lowest BCUT2D eigenvalue weighted by molar-refractivity contribution is 0.0675. The molecule has 2 aromatic heterocycles. The molecule has 6 nitrogen and oxygen atoms in total. The Labute approximate surface area is 159 Å². The van der Waals surface area contributed by atoms with Crippen LogP contribution in [0.3, 0.4) is 0 Å². The van der Waals surface area contributed by atoms with Gasteiger partial charge in [0.05, 0.1) is 11.4 Å². The fourth-order valence-electron chi connectivity index (χ4n) is 3.78. The highest BCUT2D eigenvalue weighted by Gasteiger charge is 2.25. The fraction of sp³-hybridized carbons (Fsp3) is 0.381. The molecule has 1 N–H and O–H groups in total. The number of nitrogens with one attached hydrogen (secondary N) is 1. The topological polar surface area (TPSA) is 66.8 Å². The molecule has 3 aromatic rings. The minimum atomic E-state index is 0.0363. The summed E-state index contributed by atoms with van der Waals surface area (Å²) in [5.41, 5.74) is 4.64. The van der Waals surface area contributed by atoms with E-state index in [9.17, 15) is 4.79 Å². The lowest BCUT2D eigenvalue weighted by Gasteiger charge is -2.31. The van der Waals surface area contributed by atoms with E-state index < -0.39 is 0 Å². The maximum absolute atomic E-state index is 12.8. The number of benzene rings is 1. The van der Waals surface area contributed by atoms with Gasteiger partial charge in [-0.3, -0.25) is 14.6 Å². The monoisotopic (exact) mass is 363 g/mol. The third-order valence-electron chi connectivity index (χ3n) is 5.31. The number of carbonyl (C=O) groups excluding carboxylic acids is 1. The van der Waals surface area contributed by atoms with Gasteiger partial charge in [-0.2, -0.15) is 10.2 Å². The van der Waals surface area contributed by atoms with Crippen LogP contribution in [-0.2, 0) is 6.54 Å². The van der Waals surface area contributed by atoms with Crippen LogP contribution in [0.2, 0.25) is 0 Å². The number of aromatic nitrogens is 4. The molecule has 0 aliphatic carbocycles. The number of aromatic amines is 1. The van der Waals surface area contributed by atoms with Crippen LogP contribution in [0.25, 0.3) is 11.3 Å². The first kappa shape index (κ1) is 17.5. The molecule has 27 heavy (non-hydrogen) atoms. The Morgan fingerprint density at radius 1 is 1.15 bits per heavy atom. The van der Waals surface area contributed by atoms with Gasteiger partial charge in [-0.05, 0) is 44.7 Å². The van der Waals surface area contributed by atoms with Crippen molar-refractivity contribution in [2.45, 2.75) is 33.2 Å². The number of hydrogen-bond acceptors (Lipinski definition) is 3. The van der Waals surface area contributed by atoms with E-state index in [-0.39, 0.29) is 5.91 Å². The smallest absolute Gasteiger partial charge is 0.271 e. The molecule has 3 heterocycles. The molecule has 1 aromatic carbocycles. The number of carbonyl (C=O) groups is 1. The van der Waals surface area contributed by atoms with Gasteiger partial charge >= 0.3 is 0 Å².